The Kier molecular flexibility index (Phi) is 7.03. The van der Waals surface area contributed by atoms with Gasteiger partial charge < -0.3 is 9.13 Å². The lowest BCUT2D eigenvalue weighted by Gasteiger charge is -2.11. The Morgan fingerprint density at radius 1 is 0.298 bits per heavy atom. The normalized spacial score (nSPS) is 11.9. The summed E-state index contributed by atoms with van der Waals surface area (Å²) in [6.45, 7) is 0. The zero-order chi connectivity index (χ0) is 37.5. The van der Waals surface area contributed by atoms with Gasteiger partial charge in [-0.05, 0) is 72.8 Å². The van der Waals surface area contributed by atoms with Crippen LogP contribution in [0.1, 0.15) is 0 Å². The smallest absolute Gasteiger partial charge is 0.164 e. The van der Waals surface area contributed by atoms with Crippen LogP contribution in [0.2, 0.25) is 0 Å². The zero-order valence-corrected chi connectivity index (χ0v) is 31.4. The van der Waals surface area contributed by atoms with Crippen LogP contribution in [0.3, 0.4) is 0 Å². The third kappa shape index (κ3) is 5.04. The Morgan fingerprint density at radius 3 is 1.39 bits per heavy atom. The van der Waals surface area contributed by atoms with Crippen molar-refractivity contribution in [3.05, 3.63) is 188 Å². The van der Waals surface area contributed by atoms with Gasteiger partial charge in [0.1, 0.15) is 0 Å². The molecule has 4 heterocycles. The van der Waals surface area contributed by atoms with Gasteiger partial charge in [-0.25, -0.2) is 15.0 Å². The van der Waals surface area contributed by atoms with E-state index in [9.17, 15) is 0 Å². The number of hydrogen-bond donors (Lipinski definition) is 0. The number of nitrogens with zero attached hydrogens (tertiary/aromatic N) is 5. The van der Waals surface area contributed by atoms with Crippen molar-refractivity contribution in [1.29, 1.82) is 0 Å². The first-order valence-corrected chi connectivity index (χ1v) is 19.9. The van der Waals surface area contributed by atoms with Gasteiger partial charge in [0.15, 0.2) is 17.5 Å². The van der Waals surface area contributed by atoms with Gasteiger partial charge >= 0.3 is 0 Å². The van der Waals surface area contributed by atoms with E-state index in [0.717, 1.165) is 39.1 Å². The molecule has 0 radical (unpaired) electrons. The fourth-order valence-electron chi connectivity index (χ4n) is 8.54. The molecule has 0 saturated carbocycles. The molecular formula is C51H31N5S. The van der Waals surface area contributed by atoms with E-state index in [1.54, 1.807) is 11.3 Å². The van der Waals surface area contributed by atoms with Crippen LogP contribution in [0.15, 0.2) is 188 Å². The molecule has 6 heteroatoms. The number of benzene rings is 8. The van der Waals surface area contributed by atoms with E-state index in [2.05, 4.69) is 179 Å². The number of aromatic nitrogens is 5. The molecule has 0 N–H and O–H groups in total. The van der Waals surface area contributed by atoms with Gasteiger partial charge in [0.05, 0.1) is 22.1 Å². The summed E-state index contributed by atoms with van der Waals surface area (Å²) in [5.74, 6) is 1.94. The summed E-state index contributed by atoms with van der Waals surface area (Å²) in [6.07, 6.45) is 0. The molecule has 0 amide bonds. The highest BCUT2D eigenvalue weighted by Crippen LogP contribution is 2.40. The lowest BCUT2D eigenvalue weighted by atomic mass is 10.1. The van der Waals surface area contributed by atoms with E-state index >= 15 is 0 Å². The van der Waals surface area contributed by atoms with Crippen LogP contribution in [0, 0.1) is 0 Å². The molecule has 4 aromatic heterocycles. The molecule has 0 aliphatic carbocycles. The van der Waals surface area contributed by atoms with Crippen LogP contribution in [0.25, 0.3) is 109 Å². The van der Waals surface area contributed by atoms with E-state index in [1.165, 1.54) is 52.8 Å². The highest BCUT2D eigenvalue weighted by Gasteiger charge is 2.19. The number of hydrogen-bond acceptors (Lipinski definition) is 4. The van der Waals surface area contributed by atoms with Crippen LogP contribution in [-0.2, 0) is 0 Å². The minimum absolute atomic E-state index is 0.638. The summed E-state index contributed by atoms with van der Waals surface area (Å²) >= 11 is 1.80. The van der Waals surface area contributed by atoms with Crippen LogP contribution in [0.5, 0.6) is 0 Å². The standard InChI is InChI=1S/C51H31N5S/c1-3-13-32(14-4-1)49-52-50(54-51(53-49)34-25-28-40-39-19-9-12-22-47(39)57-48(40)29-34)33-23-26-36(27-24-33)56-44-21-11-8-18-38(44)42-30-45-41(31-46(42)56)37-17-7-10-20-43(37)55(45)35-15-5-2-6-16-35/h1-31H. The molecule has 8 aromatic carbocycles. The quantitative estimate of drug-likeness (QED) is 0.176. The third-order valence-corrected chi connectivity index (χ3v) is 12.3. The number of rotatable bonds is 5. The maximum Gasteiger partial charge on any atom is 0.164 e. The van der Waals surface area contributed by atoms with Crippen LogP contribution in [0.4, 0.5) is 0 Å². The average molecular weight is 746 g/mol. The second-order valence-electron chi connectivity index (χ2n) is 14.5. The topological polar surface area (TPSA) is 48.5 Å². The zero-order valence-electron chi connectivity index (χ0n) is 30.5. The van der Waals surface area contributed by atoms with Crippen molar-refractivity contribution in [2.45, 2.75) is 0 Å². The molecule has 12 rings (SSSR count). The first-order valence-electron chi connectivity index (χ1n) is 19.1. The van der Waals surface area contributed by atoms with Crippen molar-refractivity contribution in [3.8, 4) is 45.5 Å². The Bertz CT molecular complexity index is 3510. The minimum Gasteiger partial charge on any atom is -0.309 e. The molecule has 0 unspecified atom stereocenters. The van der Waals surface area contributed by atoms with Gasteiger partial charge in [0.25, 0.3) is 0 Å². The van der Waals surface area contributed by atoms with Crippen LogP contribution < -0.4 is 0 Å². The SMILES string of the molecule is c1ccc(-c2nc(-c3ccc(-n4c5ccccc5c5cc6c(cc54)c4ccccc4n6-c4ccccc4)cc3)nc(-c3ccc4c(c3)sc3ccccc34)n2)cc1. The summed E-state index contributed by atoms with van der Waals surface area (Å²) < 4.78 is 7.27. The van der Waals surface area contributed by atoms with Gasteiger partial charge in [0, 0.05) is 69.8 Å². The second kappa shape index (κ2) is 12.6. The summed E-state index contributed by atoms with van der Waals surface area (Å²) in [5, 5.41) is 7.41. The predicted octanol–water partition coefficient (Wildman–Crippen LogP) is 13.4. The van der Waals surface area contributed by atoms with Crippen molar-refractivity contribution in [3.63, 3.8) is 0 Å². The van der Waals surface area contributed by atoms with Gasteiger partial charge in [-0.3, -0.25) is 0 Å². The van der Waals surface area contributed by atoms with Crippen molar-refractivity contribution < 1.29 is 0 Å². The summed E-state index contributed by atoms with van der Waals surface area (Å²) in [7, 11) is 0. The predicted molar refractivity (Wildman–Crippen MR) is 238 cm³/mol. The molecule has 0 atom stereocenters. The lowest BCUT2D eigenvalue weighted by Crippen LogP contribution is -2.00. The molecule has 0 saturated heterocycles. The van der Waals surface area contributed by atoms with Crippen LogP contribution in [-0.4, -0.2) is 24.1 Å². The molecular weight excluding hydrogens is 715 g/mol. The van der Waals surface area contributed by atoms with E-state index in [0.29, 0.717) is 17.5 Å². The molecule has 5 nitrogen and oxygen atoms in total. The Balaban J connectivity index is 1.02. The van der Waals surface area contributed by atoms with E-state index in [4.69, 9.17) is 15.0 Å². The molecule has 0 aliphatic heterocycles. The largest absolute Gasteiger partial charge is 0.309 e. The first-order chi connectivity index (χ1) is 28.2. The fourth-order valence-corrected chi connectivity index (χ4v) is 9.68. The monoisotopic (exact) mass is 745 g/mol. The minimum atomic E-state index is 0.638. The lowest BCUT2D eigenvalue weighted by molar-refractivity contribution is 1.07. The van der Waals surface area contributed by atoms with Crippen molar-refractivity contribution in [2.75, 3.05) is 0 Å². The maximum atomic E-state index is 5.12. The van der Waals surface area contributed by atoms with Crippen molar-refractivity contribution >= 4 is 75.1 Å². The van der Waals surface area contributed by atoms with Crippen molar-refractivity contribution in [1.82, 2.24) is 24.1 Å². The third-order valence-electron chi connectivity index (χ3n) is 11.2. The number of para-hydroxylation sites is 3. The highest BCUT2D eigenvalue weighted by molar-refractivity contribution is 7.25. The first kappa shape index (κ1) is 31.9. The van der Waals surface area contributed by atoms with E-state index < -0.39 is 0 Å². The average Bonchev–Trinajstić information content (AvgIpc) is 3.93. The molecule has 0 aliphatic rings. The number of thiophene rings is 1. The molecule has 12 aromatic rings. The molecule has 0 bridgehead atoms. The van der Waals surface area contributed by atoms with Gasteiger partial charge in [-0.1, -0.05) is 115 Å². The van der Waals surface area contributed by atoms with Crippen molar-refractivity contribution in [2.24, 2.45) is 0 Å². The summed E-state index contributed by atoms with van der Waals surface area (Å²) in [6, 6.07) is 66.8. The van der Waals surface area contributed by atoms with E-state index in [1.807, 2.05) is 18.2 Å². The van der Waals surface area contributed by atoms with Gasteiger partial charge in [-0.2, -0.15) is 0 Å². The Labute approximate surface area is 331 Å². The summed E-state index contributed by atoms with van der Waals surface area (Å²) in [5.41, 5.74) is 9.79. The highest BCUT2D eigenvalue weighted by atomic mass is 32.1. The molecule has 0 spiro atoms. The number of fused-ring (bicyclic) bond motifs is 9. The van der Waals surface area contributed by atoms with Gasteiger partial charge in [0.2, 0.25) is 0 Å². The van der Waals surface area contributed by atoms with Crippen LogP contribution >= 0.6 is 11.3 Å². The Morgan fingerprint density at radius 2 is 0.754 bits per heavy atom. The molecule has 266 valence electrons. The molecule has 0 fully saturated rings. The summed E-state index contributed by atoms with van der Waals surface area (Å²) in [4.78, 5) is 15.2. The fraction of sp³-hybridized carbons (Fsp3) is 0. The van der Waals surface area contributed by atoms with E-state index in [-0.39, 0.29) is 0 Å². The second-order valence-corrected chi connectivity index (χ2v) is 15.5. The molecule has 57 heavy (non-hydrogen) atoms. The maximum absolute atomic E-state index is 5.12. The van der Waals surface area contributed by atoms with Gasteiger partial charge in [-0.15, -0.1) is 11.3 Å². The Hall–Kier alpha value is -7.41.